The highest BCUT2D eigenvalue weighted by Gasteiger charge is 2.04. The van der Waals surface area contributed by atoms with Crippen LogP contribution in [0.3, 0.4) is 0 Å². The monoisotopic (exact) mass is 245 g/mol. The fraction of sp³-hybridized carbons (Fsp3) is 0.333. The van der Waals surface area contributed by atoms with Gasteiger partial charge in [0.15, 0.2) is 0 Å². The van der Waals surface area contributed by atoms with E-state index in [2.05, 4.69) is 38.1 Å². The topological polar surface area (TPSA) is 83.6 Å². The van der Waals surface area contributed by atoms with Crippen LogP contribution < -0.4 is 5.32 Å². The predicted molar refractivity (Wildman–Crippen MR) is 66.8 cm³/mol. The van der Waals surface area contributed by atoms with E-state index in [-0.39, 0.29) is 5.91 Å². The number of nitrogens with zero attached hydrogens (tertiary/aromatic N) is 3. The average Bonchev–Trinajstić information content (AvgIpc) is 2.89. The lowest BCUT2D eigenvalue weighted by atomic mass is 10.1. The number of benzene rings is 1. The van der Waals surface area contributed by atoms with Crippen LogP contribution in [0.15, 0.2) is 30.3 Å². The molecule has 1 aromatic carbocycles. The second-order valence-electron chi connectivity index (χ2n) is 3.99. The Morgan fingerprint density at radius 2 is 2.06 bits per heavy atom. The number of nitrogens with one attached hydrogen (secondary N) is 2. The summed E-state index contributed by atoms with van der Waals surface area (Å²) >= 11 is 0. The molecule has 6 heteroatoms. The number of aryl methyl sites for hydroxylation is 1. The van der Waals surface area contributed by atoms with Crippen LogP contribution in [0, 0.1) is 0 Å². The van der Waals surface area contributed by atoms with Gasteiger partial charge in [-0.25, -0.2) is 5.10 Å². The number of tetrazole rings is 1. The molecule has 18 heavy (non-hydrogen) atoms. The van der Waals surface area contributed by atoms with E-state index in [1.807, 2.05) is 18.2 Å². The largest absolute Gasteiger partial charge is 0.294 e. The van der Waals surface area contributed by atoms with Crippen LogP contribution >= 0.6 is 0 Å². The molecule has 6 nitrogen and oxygen atoms in total. The Kier molecular flexibility index (Phi) is 4.40. The minimum absolute atomic E-state index is 0.0680. The zero-order chi connectivity index (χ0) is 12.6. The number of rotatable bonds is 6. The molecule has 0 aliphatic heterocycles. The Morgan fingerprint density at radius 3 is 2.78 bits per heavy atom. The van der Waals surface area contributed by atoms with Crippen LogP contribution in [0.2, 0.25) is 0 Å². The summed E-state index contributed by atoms with van der Waals surface area (Å²) in [7, 11) is 0. The highest BCUT2D eigenvalue weighted by atomic mass is 16.1. The first-order valence-electron chi connectivity index (χ1n) is 5.92. The number of amides is 1. The first-order valence-corrected chi connectivity index (χ1v) is 5.92. The third-order valence-corrected chi connectivity index (χ3v) is 2.57. The van der Waals surface area contributed by atoms with E-state index in [9.17, 15) is 4.79 Å². The second kappa shape index (κ2) is 6.48. The van der Waals surface area contributed by atoms with E-state index in [4.69, 9.17) is 0 Å². The number of hydrogen-bond acceptors (Lipinski definition) is 4. The molecule has 1 amide bonds. The van der Waals surface area contributed by atoms with E-state index in [0.717, 1.165) is 19.3 Å². The predicted octanol–water partition coefficient (Wildman–Crippen LogP) is 1.55. The van der Waals surface area contributed by atoms with Crippen LogP contribution in [0.25, 0.3) is 0 Å². The molecule has 2 N–H and O–H groups in total. The molecule has 0 atom stereocenters. The molecule has 0 aliphatic carbocycles. The molecule has 0 spiro atoms. The van der Waals surface area contributed by atoms with Crippen molar-refractivity contribution < 1.29 is 4.79 Å². The molecule has 2 aromatic rings. The van der Waals surface area contributed by atoms with Gasteiger partial charge in [0, 0.05) is 6.42 Å². The van der Waals surface area contributed by atoms with Gasteiger partial charge >= 0.3 is 0 Å². The maximum absolute atomic E-state index is 11.5. The quantitative estimate of drug-likeness (QED) is 0.756. The molecule has 0 saturated carbocycles. The normalized spacial score (nSPS) is 10.2. The molecule has 1 heterocycles. The van der Waals surface area contributed by atoms with Crippen LogP contribution in [0.4, 0.5) is 5.95 Å². The zero-order valence-corrected chi connectivity index (χ0v) is 9.97. The maximum Gasteiger partial charge on any atom is 0.246 e. The molecule has 94 valence electrons. The average molecular weight is 245 g/mol. The van der Waals surface area contributed by atoms with Crippen LogP contribution in [-0.4, -0.2) is 26.5 Å². The SMILES string of the molecule is O=C(CCCCc1ccccc1)Nc1nnn[nH]1. The standard InChI is InChI=1S/C12H15N5O/c18-11(13-12-14-16-17-15-12)9-5-4-8-10-6-2-1-3-7-10/h1-3,6-7H,4-5,8-9H2,(H2,13,14,15,16,17,18). The van der Waals surface area contributed by atoms with Gasteiger partial charge in [0.2, 0.25) is 11.9 Å². The van der Waals surface area contributed by atoms with Gasteiger partial charge in [-0.05, 0) is 35.3 Å². The summed E-state index contributed by atoms with van der Waals surface area (Å²) in [4.78, 5) is 11.5. The summed E-state index contributed by atoms with van der Waals surface area (Å²) in [5.41, 5.74) is 1.30. The lowest BCUT2D eigenvalue weighted by Gasteiger charge is -2.02. The summed E-state index contributed by atoms with van der Waals surface area (Å²) in [6.07, 6.45) is 3.32. The minimum Gasteiger partial charge on any atom is -0.294 e. The van der Waals surface area contributed by atoms with E-state index < -0.39 is 0 Å². The molecule has 0 aliphatic rings. The highest BCUT2D eigenvalue weighted by Crippen LogP contribution is 2.06. The number of aromatic nitrogens is 4. The molecular weight excluding hydrogens is 230 g/mol. The van der Waals surface area contributed by atoms with Crippen molar-refractivity contribution in [2.24, 2.45) is 0 Å². The van der Waals surface area contributed by atoms with Gasteiger partial charge in [0.1, 0.15) is 0 Å². The molecule has 2 rings (SSSR count). The number of H-pyrrole nitrogens is 1. The molecule has 0 radical (unpaired) electrons. The van der Waals surface area contributed by atoms with Crippen LogP contribution in [0.5, 0.6) is 0 Å². The molecule has 0 fully saturated rings. The number of hydrogen-bond donors (Lipinski definition) is 2. The van der Waals surface area contributed by atoms with Crippen molar-refractivity contribution in [2.75, 3.05) is 5.32 Å². The number of carbonyl (C=O) groups excluding carboxylic acids is 1. The number of unbranched alkanes of at least 4 members (excludes halogenated alkanes) is 1. The lowest BCUT2D eigenvalue weighted by molar-refractivity contribution is -0.116. The fourth-order valence-corrected chi connectivity index (χ4v) is 1.67. The third-order valence-electron chi connectivity index (χ3n) is 2.57. The molecule has 1 aromatic heterocycles. The van der Waals surface area contributed by atoms with Crippen molar-refractivity contribution in [2.45, 2.75) is 25.7 Å². The smallest absolute Gasteiger partial charge is 0.246 e. The molecule has 0 bridgehead atoms. The van der Waals surface area contributed by atoms with E-state index in [1.54, 1.807) is 0 Å². The van der Waals surface area contributed by atoms with Gasteiger partial charge < -0.3 is 0 Å². The zero-order valence-electron chi connectivity index (χ0n) is 9.97. The van der Waals surface area contributed by atoms with Crippen molar-refractivity contribution in [1.29, 1.82) is 0 Å². The molecule has 0 unspecified atom stereocenters. The number of aromatic amines is 1. The van der Waals surface area contributed by atoms with E-state index >= 15 is 0 Å². The van der Waals surface area contributed by atoms with Gasteiger partial charge in [0.05, 0.1) is 0 Å². The lowest BCUT2D eigenvalue weighted by Crippen LogP contribution is -2.12. The van der Waals surface area contributed by atoms with Crippen LogP contribution in [-0.2, 0) is 11.2 Å². The molecular formula is C12H15N5O. The number of carbonyl (C=O) groups is 1. The Labute approximate surface area is 105 Å². The first kappa shape index (κ1) is 12.2. The van der Waals surface area contributed by atoms with Gasteiger partial charge in [-0.15, -0.1) is 0 Å². The molecule has 0 saturated heterocycles. The highest BCUT2D eigenvalue weighted by molar-refractivity contribution is 5.88. The van der Waals surface area contributed by atoms with Crippen molar-refractivity contribution in [1.82, 2.24) is 20.6 Å². The van der Waals surface area contributed by atoms with E-state index in [1.165, 1.54) is 5.56 Å². The van der Waals surface area contributed by atoms with Crippen molar-refractivity contribution in [3.05, 3.63) is 35.9 Å². The van der Waals surface area contributed by atoms with Crippen molar-refractivity contribution >= 4 is 11.9 Å². The second-order valence-corrected chi connectivity index (χ2v) is 3.99. The summed E-state index contributed by atoms with van der Waals surface area (Å²) in [5, 5.41) is 15.4. The van der Waals surface area contributed by atoms with Gasteiger partial charge in [-0.1, -0.05) is 35.4 Å². The Bertz CT molecular complexity index is 468. The summed E-state index contributed by atoms with van der Waals surface area (Å²) in [6, 6.07) is 10.3. The Morgan fingerprint density at radius 1 is 1.22 bits per heavy atom. The maximum atomic E-state index is 11.5. The summed E-state index contributed by atoms with van der Waals surface area (Å²) < 4.78 is 0. The van der Waals surface area contributed by atoms with Crippen molar-refractivity contribution in [3.8, 4) is 0 Å². The van der Waals surface area contributed by atoms with Gasteiger partial charge in [-0.3, -0.25) is 10.1 Å². The summed E-state index contributed by atoms with van der Waals surface area (Å²) in [5.74, 6) is 0.227. The van der Waals surface area contributed by atoms with E-state index in [0.29, 0.717) is 12.4 Å². The first-order chi connectivity index (χ1) is 8.84. The van der Waals surface area contributed by atoms with Crippen LogP contribution in [0.1, 0.15) is 24.8 Å². The van der Waals surface area contributed by atoms with Gasteiger partial charge in [0.25, 0.3) is 0 Å². The Balaban J connectivity index is 1.62. The summed E-state index contributed by atoms with van der Waals surface area (Å²) in [6.45, 7) is 0. The fourth-order valence-electron chi connectivity index (χ4n) is 1.67. The minimum atomic E-state index is -0.0680. The van der Waals surface area contributed by atoms with Crippen molar-refractivity contribution in [3.63, 3.8) is 0 Å². The third kappa shape index (κ3) is 3.97. The van der Waals surface area contributed by atoms with Gasteiger partial charge in [-0.2, -0.15) is 0 Å². The Hall–Kier alpha value is -2.24. The number of anilines is 1.